The summed E-state index contributed by atoms with van der Waals surface area (Å²) < 4.78 is 5.79. The van der Waals surface area contributed by atoms with Gasteiger partial charge in [-0.3, -0.25) is 0 Å². The van der Waals surface area contributed by atoms with E-state index < -0.39 is 0 Å². The van der Waals surface area contributed by atoms with Crippen LogP contribution >= 0.6 is 11.3 Å². The third kappa shape index (κ3) is 4.83. The highest BCUT2D eigenvalue weighted by Gasteiger charge is 2.14. The third-order valence-electron chi connectivity index (χ3n) is 3.10. The Morgan fingerprint density at radius 1 is 1.14 bits per heavy atom. The van der Waals surface area contributed by atoms with Crippen molar-refractivity contribution in [2.24, 2.45) is 0 Å². The lowest BCUT2D eigenvalue weighted by Gasteiger charge is -2.09. The monoisotopic (exact) mass is 304 g/mol. The molecule has 0 aliphatic rings. The van der Waals surface area contributed by atoms with E-state index in [1.54, 1.807) is 11.3 Å². The molecule has 2 rings (SSSR count). The number of nitrogens with zero attached hydrogens (tertiary/aromatic N) is 1. The van der Waals surface area contributed by atoms with Gasteiger partial charge in [-0.2, -0.15) is 0 Å². The lowest BCUT2D eigenvalue weighted by molar-refractivity contribution is 0.305. The highest BCUT2D eigenvalue weighted by Crippen LogP contribution is 2.26. The van der Waals surface area contributed by atoms with Crippen LogP contribution in [-0.2, 0) is 13.2 Å². The highest BCUT2D eigenvalue weighted by molar-refractivity contribution is 7.11. The van der Waals surface area contributed by atoms with Crippen molar-refractivity contribution in [2.75, 3.05) is 0 Å². The van der Waals surface area contributed by atoms with E-state index in [4.69, 9.17) is 9.72 Å². The number of nitrogens with one attached hydrogen (secondary N) is 1. The molecule has 0 amide bonds. The number of thiazole rings is 1. The Balaban J connectivity index is 2.04. The van der Waals surface area contributed by atoms with E-state index >= 15 is 0 Å². The molecule has 1 heterocycles. The molecular formula is C17H24N2OS. The Labute approximate surface area is 131 Å². The fraction of sp³-hybridized carbons (Fsp3) is 0.471. The molecule has 0 saturated heterocycles. The Bertz CT molecular complexity index is 549. The third-order valence-corrected chi connectivity index (χ3v) is 4.14. The smallest absolute Gasteiger partial charge is 0.140 e. The predicted octanol–water partition coefficient (Wildman–Crippen LogP) is 4.34. The molecule has 2 aromatic rings. The number of hydrogen-bond acceptors (Lipinski definition) is 4. The van der Waals surface area contributed by atoms with Gasteiger partial charge in [-0.25, -0.2) is 4.98 Å². The van der Waals surface area contributed by atoms with Crippen molar-refractivity contribution in [2.45, 2.75) is 52.8 Å². The fourth-order valence-corrected chi connectivity index (χ4v) is 3.10. The molecule has 114 valence electrons. The van der Waals surface area contributed by atoms with Gasteiger partial charge < -0.3 is 10.1 Å². The quantitative estimate of drug-likeness (QED) is 0.826. The van der Waals surface area contributed by atoms with Gasteiger partial charge in [0.05, 0.1) is 5.69 Å². The van der Waals surface area contributed by atoms with Crippen LogP contribution in [0.4, 0.5) is 0 Å². The molecule has 1 aromatic carbocycles. The lowest BCUT2D eigenvalue weighted by Crippen LogP contribution is -2.22. The van der Waals surface area contributed by atoms with Gasteiger partial charge in [-0.15, -0.1) is 11.3 Å². The van der Waals surface area contributed by atoms with Gasteiger partial charge >= 0.3 is 0 Å². The number of benzene rings is 1. The molecule has 0 fully saturated rings. The van der Waals surface area contributed by atoms with Crippen molar-refractivity contribution in [1.29, 1.82) is 0 Å². The van der Waals surface area contributed by atoms with Crippen LogP contribution in [0, 0.1) is 0 Å². The van der Waals surface area contributed by atoms with Crippen molar-refractivity contribution >= 4 is 11.3 Å². The van der Waals surface area contributed by atoms with E-state index in [1.807, 2.05) is 30.3 Å². The maximum Gasteiger partial charge on any atom is 0.140 e. The van der Waals surface area contributed by atoms with Crippen LogP contribution in [0.1, 0.15) is 49.2 Å². The van der Waals surface area contributed by atoms with E-state index in [1.165, 1.54) is 10.6 Å². The standard InChI is InChI=1S/C17H24N2OS/c1-12(2)17-15(10-18-13(3)4)21-16(19-17)11-20-14-8-6-5-7-9-14/h5-9,12-13,18H,10-11H2,1-4H3. The highest BCUT2D eigenvalue weighted by atomic mass is 32.1. The van der Waals surface area contributed by atoms with Gasteiger partial charge in [0.25, 0.3) is 0 Å². The minimum absolute atomic E-state index is 0.440. The van der Waals surface area contributed by atoms with E-state index in [-0.39, 0.29) is 0 Å². The first kappa shape index (κ1) is 16.0. The fourth-order valence-electron chi connectivity index (χ4n) is 2.01. The molecule has 0 saturated carbocycles. The van der Waals surface area contributed by atoms with Crippen molar-refractivity contribution in [3.8, 4) is 5.75 Å². The van der Waals surface area contributed by atoms with Crippen LogP contribution in [0.3, 0.4) is 0 Å². The Kier molecular flexibility index (Phi) is 5.76. The van der Waals surface area contributed by atoms with Crippen LogP contribution in [0.5, 0.6) is 5.75 Å². The molecule has 0 unspecified atom stereocenters. The number of rotatable bonds is 7. The topological polar surface area (TPSA) is 34.1 Å². The van der Waals surface area contributed by atoms with Gasteiger partial charge in [0.15, 0.2) is 0 Å². The lowest BCUT2D eigenvalue weighted by atomic mass is 10.1. The molecule has 0 aliphatic heterocycles. The van der Waals surface area contributed by atoms with Gasteiger partial charge in [-0.1, -0.05) is 45.9 Å². The maximum absolute atomic E-state index is 5.79. The van der Waals surface area contributed by atoms with Crippen molar-refractivity contribution in [3.63, 3.8) is 0 Å². The van der Waals surface area contributed by atoms with Crippen LogP contribution in [-0.4, -0.2) is 11.0 Å². The molecule has 0 atom stereocenters. The molecule has 1 aromatic heterocycles. The summed E-state index contributed by atoms with van der Waals surface area (Å²) in [6.07, 6.45) is 0. The average molecular weight is 304 g/mol. The maximum atomic E-state index is 5.79. The largest absolute Gasteiger partial charge is 0.486 e. The summed E-state index contributed by atoms with van der Waals surface area (Å²) in [5, 5.41) is 4.52. The van der Waals surface area contributed by atoms with Crippen LogP contribution in [0.15, 0.2) is 30.3 Å². The Morgan fingerprint density at radius 2 is 1.86 bits per heavy atom. The summed E-state index contributed by atoms with van der Waals surface area (Å²) in [4.78, 5) is 6.08. The predicted molar refractivity (Wildman–Crippen MR) is 89.0 cm³/mol. The second kappa shape index (κ2) is 7.57. The first-order valence-electron chi connectivity index (χ1n) is 7.46. The first-order valence-corrected chi connectivity index (χ1v) is 8.27. The zero-order valence-corrected chi connectivity index (χ0v) is 14.0. The minimum atomic E-state index is 0.440. The van der Waals surface area contributed by atoms with Gasteiger partial charge in [0.2, 0.25) is 0 Å². The normalized spacial score (nSPS) is 11.3. The molecular weight excluding hydrogens is 280 g/mol. The second-order valence-corrected chi connectivity index (χ2v) is 6.88. The SMILES string of the molecule is CC(C)NCc1sc(COc2ccccc2)nc1C(C)C. The Morgan fingerprint density at radius 3 is 2.48 bits per heavy atom. The van der Waals surface area contributed by atoms with E-state index in [2.05, 4.69) is 33.0 Å². The average Bonchev–Trinajstić information content (AvgIpc) is 2.87. The number of para-hydroxylation sites is 1. The minimum Gasteiger partial charge on any atom is -0.486 e. The van der Waals surface area contributed by atoms with Gasteiger partial charge in [-0.05, 0) is 18.1 Å². The molecule has 3 nitrogen and oxygen atoms in total. The summed E-state index contributed by atoms with van der Waals surface area (Å²) in [6, 6.07) is 10.4. The van der Waals surface area contributed by atoms with E-state index in [9.17, 15) is 0 Å². The van der Waals surface area contributed by atoms with Crippen LogP contribution < -0.4 is 10.1 Å². The van der Waals surface area contributed by atoms with Crippen LogP contribution in [0.2, 0.25) is 0 Å². The van der Waals surface area contributed by atoms with E-state index in [0.29, 0.717) is 18.6 Å². The number of aromatic nitrogens is 1. The molecule has 1 N–H and O–H groups in total. The summed E-state index contributed by atoms with van der Waals surface area (Å²) in [6.45, 7) is 10.1. The molecule has 21 heavy (non-hydrogen) atoms. The number of hydrogen-bond donors (Lipinski definition) is 1. The number of ether oxygens (including phenoxy) is 1. The molecule has 0 bridgehead atoms. The zero-order chi connectivity index (χ0) is 15.2. The second-order valence-electron chi connectivity index (χ2n) is 5.71. The van der Waals surface area contributed by atoms with E-state index in [0.717, 1.165) is 17.3 Å². The summed E-state index contributed by atoms with van der Waals surface area (Å²) in [7, 11) is 0. The molecule has 0 spiro atoms. The van der Waals surface area contributed by atoms with Gasteiger partial charge in [0.1, 0.15) is 17.4 Å². The Hall–Kier alpha value is -1.39. The molecule has 4 heteroatoms. The zero-order valence-electron chi connectivity index (χ0n) is 13.2. The summed E-state index contributed by atoms with van der Waals surface area (Å²) in [5.74, 6) is 1.33. The summed E-state index contributed by atoms with van der Waals surface area (Å²) in [5.41, 5.74) is 1.19. The molecule has 0 radical (unpaired) electrons. The van der Waals surface area contributed by atoms with Crippen molar-refractivity contribution in [3.05, 3.63) is 45.9 Å². The van der Waals surface area contributed by atoms with Gasteiger partial charge in [0, 0.05) is 17.5 Å². The van der Waals surface area contributed by atoms with Crippen molar-refractivity contribution in [1.82, 2.24) is 10.3 Å². The van der Waals surface area contributed by atoms with Crippen LogP contribution in [0.25, 0.3) is 0 Å². The molecule has 0 aliphatic carbocycles. The first-order chi connectivity index (χ1) is 10.1. The van der Waals surface area contributed by atoms with Crippen molar-refractivity contribution < 1.29 is 4.74 Å². The summed E-state index contributed by atoms with van der Waals surface area (Å²) >= 11 is 1.75.